The minimum Gasteiger partial charge on any atom is -0.310 e. The summed E-state index contributed by atoms with van der Waals surface area (Å²) in [5.41, 5.74) is 0. The van der Waals surface area contributed by atoms with Crippen LogP contribution in [0.2, 0.25) is 0 Å². The van der Waals surface area contributed by atoms with E-state index in [1.54, 1.807) is 0 Å². The first kappa shape index (κ1) is 11.2. The van der Waals surface area contributed by atoms with Crippen molar-refractivity contribution in [3.05, 3.63) is 0 Å². The predicted octanol–water partition coefficient (Wildman–Crippen LogP) is 2.75. The fraction of sp³-hybridized carbons (Fsp3) is 1.00. The van der Waals surface area contributed by atoms with Gasteiger partial charge in [0.15, 0.2) is 0 Å². The van der Waals surface area contributed by atoms with Crippen LogP contribution < -0.4 is 5.32 Å². The fourth-order valence-corrected chi connectivity index (χ4v) is 4.56. The molecule has 0 amide bonds. The van der Waals surface area contributed by atoms with Gasteiger partial charge in [-0.05, 0) is 37.7 Å². The van der Waals surface area contributed by atoms with Crippen LogP contribution in [0.15, 0.2) is 0 Å². The molecular weight excluding hydrogens is 210 g/mol. The first-order valence-electron chi connectivity index (χ1n) is 5.70. The van der Waals surface area contributed by atoms with E-state index in [0.717, 1.165) is 22.6 Å². The molecule has 0 aromatic carbocycles. The summed E-state index contributed by atoms with van der Waals surface area (Å²) in [5.74, 6) is 1.36. The van der Waals surface area contributed by atoms with Crippen molar-refractivity contribution in [2.75, 3.05) is 12.0 Å². The van der Waals surface area contributed by atoms with Gasteiger partial charge in [0.2, 0.25) is 0 Å². The Morgan fingerprint density at radius 2 is 2.14 bits per heavy atom. The molecule has 1 saturated heterocycles. The molecule has 14 heavy (non-hydrogen) atoms. The van der Waals surface area contributed by atoms with Crippen molar-refractivity contribution < 1.29 is 0 Å². The normalized spacial score (nSPS) is 43.3. The number of thioether (sulfide) groups is 2. The Hall–Kier alpha value is 0.660. The van der Waals surface area contributed by atoms with E-state index in [-0.39, 0.29) is 0 Å². The lowest BCUT2D eigenvalue weighted by atomic mass is 10.1. The lowest BCUT2D eigenvalue weighted by Crippen LogP contribution is -2.40. The lowest BCUT2D eigenvalue weighted by molar-refractivity contribution is 0.430. The van der Waals surface area contributed by atoms with E-state index in [1.165, 1.54) is 31.4 Å². The lowest BCUT2D eigenvalue weighted by Gasteiger charge is -2.21. The van der Waals surface area contributed by atoms with E-state index in [2.05, 4.69) is 30.3 Å². The second-order valence-corrected chi connectivity index (χ2v) is 7.13. The molecule has 82 valence electrons. The summed E-state index contributed by atoms with van der Waals surface area (Å²) in [6, 6.07) is 1.62. The Morgan fingerprint density at radius 3 is 2.71 bits per heavy atom. The van der Waals surface area contributed by atoms with Crippen LogP contribution in [-0.4, -0.2) is 34.6 Å². The third-order valence-corrected chi connectivity index (χ3v) is 5.96. The second-order valence-electron chi connectivity index (χ2n) is 4.51. The van der Waals surface area contributed by atoms with Gasteiger partial charge in [-0.2, -0.15) is 23.5 Å². The average Bonchev–Trinajstić information content (AvgIpc) is 2.77. The molecule has 1 nitrogen and oxygen atoms in total. The zero-order valence-corrected chi connectivity index (χ0v) is 10.8. The zero-order chi connectivity index (χ0) is 9.97. The predicted molar refractivity (Wildman–Crippen MR) is 68.4 cm³/mol. The maximum Gasteiger partial charge on any atom is 0.0194 e. The Bertz CT molecular complexity index is 186. The molecule has 1 heterocycles. The number of rotatable bonds is 3. The summed E-state index contributed by atoms with van der Waals surface area (Å²) < 4.78 is 0. The topological polar surface area (TPSA) is 12.0 Å². The van der Waals surface area contributed by atoms with Gasteiger partial charge >= 0.3 is 0 Å². The van der Waals surface area contributed by atoms with Crippen molar-refractivity contribution >= 4 is 23.5 Å². The first-order valence-corrected chi connectivity index (χ1v) is 8.03. The molecule has 1 saturated carbocycles. The third-order valence-electron chi connectivity index (χ3n) is 3.54. The van der Waals surface area contributed by atoms with Gasteiger partial charge in [0.05, 0.1) is 0 Å². The molecule has 3 heteroatoms. The smallest absolute Gasteiger partial charge is 0.0194 e. The average molecular weight is 231 g/mol. The Labute approximate surface area is 96.2 Å². The van der Waals surface area contributed by atoms with Crippen LogP contribution in [0.25, 0.3) is 0 Å². The molecule has 0 bridgehead atoms. The van der Waals surface area contributed by atoms with Crippen LogP contribution in [0.1, 0.15) is 32.6 Å². The molecule has 2 aliphatic rings. The zero-order valence-electron chi connectivity index (χ0n) is 9.16. The molecule has 1 aliphatic carbocycles. The molecule has 2 fully saturated rings. The van der Waals surface area contributed by atoms with Gasteiger partial charge in [0.25, 0.3) is 0 Å². The molecule has 4 atom stereocenters. The van der Waals surface area contributed by atoms with Gasteiger partial charge in [-0.15, -0.1) is 0 Å². The van der Waals surface area contributed by atoms with Gasteiger partial charge in [-0.1, -0.05) is 6.92 Å². The van der Waals surface area contributed by atoms with Crippen LogP contribution in [0, 0.1) is 0 Å². The molecule has 1 N–H and O–H groups in total. The Balaban J connectivity index is 1.75. The second kappa shape index (κ2) is 5.13. The molecule has 1 aliphatic heterocycles. The molecule has 0 aromatic rings. The number of hydrogen-bond acceptors (Lipinski definition) is 3. The van der Waals surface area contributed by atoms with Crippen LogP contribution in [0.5, 0.6) is 0 Å². The van der Waals surface area contributed by atoms with Gasteiger partial charge in [-0.3, -0.25) is 0 Å². The van der Waals surface area contributed by atoms with E-state index >= 15 is 0 Å². The summed E-state index contributed by atoms with van der Waals surface area (Å²) in [4.78, 5) is 0. The minimum absolute atomic E-state index is 0.797. The van der Waals surface area contributed by atoms with E-state index in [4.69, 9.17) is 0 Å². The van der Waals surface area contributed by atoms with Gasteiger partial charge < -0.3 is 5.32 Å². The quantitative estimate of drug-likeness (QED) is 0.802. The minimum atomic E-state index is 0.797. The first-order chi connectivity index (χ1) is 6.79. The standard InChI is InChI=1S/C11H21NS2/c1-8-11(5-6-14-8)12-9-3-4-10(7-9)13-2/h8-12H,3-7H2,1-2H3. The van der Waals surface area contributed by atoms with E-state index < -0.39 is 0 Å². The number of nitrogens with one attached hydrogen (secondary N) is 1. The number of hydrogen-bond donors (Lipinski definition) is 1. The fourth-order valence-electron chi connectivity index (χ4n) is 2.56. The summed E-state index contributed by atoms with van der Waals surface area (Å²) in [7, 11) is 0. The molecule has 0 spiro atoms. The molecule has 4 unspecified atom stereocenters. The maximum absolute atomic E-state index is 3.86. The van der Waals surface area contributed by atoms with Crippen LogP contribution in [0.3, 0.4) is 0 Å². The third kappa shape index (κ3) is 2.61. The SMILES string of the molecule is CSC1CCC(NC2CCSC2C)C1. The monoisotopic (exact) mass is 231 g/mol. The summed E-state index contributed by atoms with van der Waals surface area (Å²) in [6.45, 7) is 2.37. The van der Waals surface area contributed by atoms with Crippen molar-refractivity contribution in [1.82, 2.24) is 5.32 Å². The van der Waals surface area contributed by atoms with Gasteiger partial charge in [0.1, 0.15) is 0 Å². The highest BCUT2D eigenvalue weighted by atomic mass is 32.2. The highest BCUT2D eigenvalue weighted by Crippen LogP contribution is 2.31. The summed E-state index contributed by atoms with van der Waals surface area (Å²) in [6.07, 6.45) is 7.86. The van der Waals surface area contributed by atoms with Crippen LogP contribution >= 0.6 is 23.5 Å². The highest BCUT2D eigenvalue weighted by molar-refractivity contribution is 8.00. The van der Waals surface area contributed by atoms with Gasteiger partial charge in [0, 0.05) is 22.6 Å². The summed E-state index contributed by atoms with van der Waals surface area (Å²) >= 11 is 4.18. The van der Waals surface area contributed by atoms with Crippen LogP contribution in [0.4, 0.5) is 0 Å². The van der Waals surface area contributed by atoms with Crippen molar-refractivity contribution in [1.29, 1.82) is 0 Å². The molecular formula is C11H21NS2. The largest absolute Gasteiger partial charge is 0.310 e. The Kier molecular flexibility index (Phi) is 4.09. The van der Waals surface area contributed by atoms with Crippen molar-refractivity contribution in [2.45, 2.75) is 55.2 Å². The van der Waals surface area contributed by atoms with E-state index in [9.17, 15) is 0 Å². The van der Waals surface area contributed by atoms with Crippen LogP contribution in [-0.2, 0) is 0 Å². The van der Waals surface area contributed by atoms with Crippen molar-refractivity contribution in [3.63, 3.8) is 0 Å². The Morgan fingerprint density at radius 1 is 1.29 bits per heavy atom. The van der Waals surface area contributed by atoms with Crippen molar-refractivity contribution in [3.8, 4) is 0 Å². The summed E-state index contributed by atoms with van der Waals surface area (Å²) in [5, 5.41) is 5.62. The van der Waals surface area contributed by atoms with E-state index in [1.807, 2.05) is 11.8 Å². The van der Waals surface area contributed by atoms with Gasteiger partial charge in [-0.25, -0.2) is 0 Å². The van der Waals surface area contributed by atoms with E-state index in [0.29, 0.717) is 0 Å². The van der Waals surface area contributed by atoms with Crippen molar-refractivity contribution in [2.24, 2.45) is 0 Å². The molecule has 2 rings (SSSR count). The molecule has 0 aromatic heterocycles. The molecule has 0 radical (unpaired) electrons. The highest BCUT2D eigenvalue weighted by Gasteiger charge is 2.30. The maximum atomic E-state index is 3.86.